The maximum Gasteiger partial charge on any atom is 0.0174 e. The Labute approximate surface area is 127 Å². The molecule has 0 aliphatic carbocycles. The van der Waals surface area contributed by atoms with E-state index in [0.29, 0.717) is 5.41 Å². The molecule has 0 radical (unpaired) electrons. The molecule has 1 aliphatic heterocycles. The molecule has 0 aromatic rings. The van der Waals surface area contributed by atoms with Gasteiger partial charge in [0, 0.05) is 19.3 Å². The molecule has 0 N–H and O–H groups in total. The van der Waals surface area contributed by atoms with Gasteiger partial charge in [-0.2, -0.15) is 0 Å². The lowest BCUT2D eigenvalue weighted by molar-refractivity contribution is 0.274. The van der Waals surface area contributed by atoms with E-state index in [4.69, 9.17) is 0 Å². The van der Waals surface area contributed by atoms with E-state index in [9.17, 15) is 0 Å². The lowest BCUT2D eigenvalue weighted by atomic mass is 9.72. The van der Waals surface area contributed by atoms with Crippen molar-refractivity contribution in [2.24, 2.45) is 16.7 Å². The summed E-state index contributed by atoms with van der Waals surface area (Å²) in [4.78, 5) is 2.43. The number of hydrogen-bond acceptors (Lipinski definition) is 1. The van der Waals surface area contributed by atoms with Crippen LogP contribution in [0.4, 0.5) is 0 Å². The van der Waals surface area contributed by atoms with Gasteiger partial charge in [-0.1, -0.05) is 53.7 Å². The molecule has 0 aromatic heterocycles. The fourth-order valence-corrected chi connectivity index (χ4v) is 2.91. The molecule has 0 saturated heterocycles. The Kier molecular flexibility index (Phi) is 5.52. The predicted molar refractivity (Wildman–Crippen MR) is 90.7 cm³/mol. The van der Waals surface area contributed by atoms with Crippen molar-refractivity contribution in [3.05, 3.63) is 23.4 Å². The highest BCUT2D eigenvalue weighted by Gasteiger charge is 2.33. The van der Waals surface area contributed by atoms with E-state index in [2.05, 4.69) is 72.6 Å². The standard InChI is InChI=1S/C19H35N/c1-15-12-14-20(8)16(2)17(19(15,6)7)11-9-10-13-18(3,4)5/h9,11,15H,10,12-14H2,1-8H3/b11-9-/t15-/m1/s1. The van der Waals surface area contributed by atoms with E-state index in [1.807, 2.05) is 0 Å². The summed E-state index contributed by atoms with van der Waals surface area (Å²) in [7, 11) is 2.23. The van der Waals surface area contributed by atoms with E-state index in [1.54, 1.807) is 0 Å². The summed E-state index contributed by atoms with van der Waals surface area (Å²) in [6.07, 6.45) is 8.49. The van der Waals surface area contributed by atoms with Gasteiger partial charge < -0.3 is 4.90 Å². The maximum absolute atomic E-state index is 2.43. The Morgan fingerprint density at radius 3 is 2.45 bits per heavy atom. The van der Waals surface area contributed by atoms with Gasteiger partial charge in [-0.05, 0) is 48.5 Å². The molecule has 0 fully saturated rings. The molecule has 1 nitrogen and oxygen atoms in total. The third kappa shape index (κ3) is 4.40. The summed E-state index contributed by atoms with van der Waals surface area (Å²) in [5, 5.41) is 0. The normalized spacial score (nSPS) is 24.4. The molecule has 1 heteroatoms. The van der Waals surface area contributed by atoms with E-state index in [1.165, 1.54) is 37.1 Å². The fraction of sp³-hybridized carbons (Fsp3) is 0.789. The Balaban J connectivity index is 2.91. The van der Waals surface area contributed by atoms with E-state index >= 15 is 0 Å². The van der Waals surface area contributed by atoms with Crippen molar-refractivity contribution in [2.45, 2.75) is 67.7 Å². The van der Waals surface area contributed by atoms with Crippen LogP contribution < -0.4 is 0 Å². The Bertz CT molecular complexity index is 379. The van der Waals surface area contributed by atoms with Crippen molar-refractivity contribution < 1.29 is 0 Å². The van der Waals surface area contributed by atoms with Crippen LogP contribution in [0.2, 0.25) is 0 Å². The highest BCUT2D eigenvalue weighted by atomic mass is 15.1. The zero-order chi connectivity index (χ0) is 15.6. The Morgan fingerprint density at radius 2 is 1.90 bits per heavy atom. The van der Waals surface area contributed by atoms with Crippen LogP contribution in [-0.4, -0.2) is 18.5 Å². The van der Waals surface area contributed by atoms with Crippen molar-refractivity contribution in [3.8, 4) is 0 Å². The fourth-order valence-electron chi connectivity index (χ4n) is 2.91. The van der Waals surface area contributed by atoms with Crippen LogP contribution in [0.15, 0.2) is 23.4 Å². The summed E-state index contributed by atoms with van der Waals surface area (Å²) in [5.74, 6) is 0.727. The molecular formula is C19H35N. The van der Waals surface area contributed by atoms with Gasteiger partial charge in [0.05, 0.1) is 0 Å². The molecule has 1 atom stereocenters. The lowest BCUT2D eigenvalue weighted by Gasteiger charge is -2.32. The van der Waals surface area contributed by atoms with Gasteiger partial charge >= 0.3 is 0 Å². The van der Waals surface area contributed by atoms with Crippen molar-refractivity contribution in [1.29, 1.82) is 0 Å². The molecule has 0 saturated carbocycles. The average molecular weight is 277 g/mol. The second-order valence-corrected chi connectivity index (χ2v) is 8.33. The van der Waals surface area contributed by atoms with Crippen molar-refractivity contribution in [1.82, 2.24) is 4.90 Å². The molecule has 1 heterocycles. The highest BCUT2D eigenvalue weighted by Crippen LogP contribution is 2.42. The van der Waals surface area contributed by atoms with Crippen molar-refractivity contribution >= 4 is 0 Å². The van der Waals surface area contributed by atoms with Crippen LogP contribution in [-0.2, 0) is 0 Å². The third-order valence-corrected chi connectivity index (χ3v) is 5.13. The topological polar surface area (TPSA) is 3.24 Å². The van der Waals surface area contributed by atoms with E-state index < -0.39 is 0 Å². The second-order valence-electron chi connectivity index (χ2n) is 8.33. The molecule has 1 aliphatic rings. The van der Waals surface area contributed by atoms with E-state index in [0.717, 1.165) is 5.92 Å². The van der Waals surface area contributed by atoms with Gasteiger partial charge in [0.25, 0.3) is 0 Å². The summed E-state index contributed by atoms with van der Waals surface area (Å²) in [6, 6.07) is 0. The second kappa shape index (κ2) is 6.37. The SMILES string of the molecule is CC1=C(/C=C\CCC(C)(C)C)C(C)(C)[C@H](C)CCN1C. The zero-order valence-corrected chi connectivity index (χ0v) is 15.0. The minimum atomic E-state index is 0.271. The minimum absolute atomic E-state index is 0.271. The molecular weight excluding hydrogens is 242 g/mol. The van der Waals surface area contributed by atoms with Gasteiger partial charge in [0.2, 0.25) is 0 Å². The highest BCUT2D eigenvalue weighted by molar-refractivity contribution is 5.31. The lowest BCUT2D eigenvalue weighted by Crippen LogP contribution is -2.23. The average Bonchev–Trinajstić information content (AvgIpc) is 2.38. The summed E-state index contributed by atoms with van der Waals surface area (Å²) >= 11 is 0. The largest absolute Gasteiger partial charge is 0.378 e. The molecule has 0 amide bonds. The summed E-state index contributed by atoms with van der Waals surface area (Å²) in [6.45, 7) is 17.6. The molecule has 0 bridgehead atoms. The molecule has 20 heavy (non-hydrogen) atoms. The number of hydrogen-bond donors (Lipinski definition) is 0. The Hall–Kier alpha value is -0.720. The van der Waals surface area contributed by atoms with Crippen molar-refractivity contribution in [3.63, 3.8) is 0 Å². The Morgan fingerprint density at radius 1 is 1.30 bits per heavy atom. The first-order chi connectivity index (χ1) is 9.05. The molecule has 0 unspecified atom stereocenters. The van der Waals surface area contributed by atoms with Gasteiger partial charge in [-0.25, -0.2) is 0 Å². The molecule has 0 spiro atoms. The first kappa shape index (κ1) is 17.3. The van der Waals surface area contributed by atoms with Gasteiger partial charge in [-0.15, -0.1) is 0 Å². The summed E-state index contributed by atoms with van der Waals surface area (Å²) in [5.41, 5.74) is 3.68. The predicted octanol–water partition coefficient (Wildman–Crippen LogP) is 5.64. The van der Waals surface area contributed by atoms with E-state index in [-0.39, 0.29) is 5.41 Å². The number of allylic oxidation sites excluding steroid dienone is 4. The van der Waals surface area contributed by atoms with Crippen molar-refractivity contribution in [2.75, 3.05) is 13.6 Å². The zero-order valence-electron chi connectivity index (χ0n) is 15.0. The van der Waals surface area contributed by atoms with Gasteiger partial charge in [-0.3, -0.25) is 0 Å². The smallest absolute Gasteiger partial charge is 0.0174 e. The number of rotatable bonds is 3. The van der Waals surface area contributed by atoms with Crippen LogP contribution in [0.1, 0.15) is 67.7 Å². The van der Waals surface area contributed by atoms with Crippen LogP contribution in [0.25, 0.3) is 0 Å². The van der Waals surface area contributed by atoms with Crippen LogP contribution in [0.5, 0.6) is 0 Å². The first-order valence-corrected chi connectivity index (χ1v) is 8.15. The monoisotopic (exact) mass is 277 g/mol. The molecule has 1 rings (SSSR count). The number of nitrogens with zero attached hydrogens (tertiary/aromatic N) is 1. The molecule has 0 aromatic carbocycles. The third-order valence-electron chi connectivity index (χ3n) is 5.13. The van der Waals surface area contributed by atoms with Crippen LogP contribution in [0, 0.1) is 16.7 Å². The first-order valence-electron chi connectivity index (χ1n) is 8.15. The minimum Gasteiger partial charge on any atom is -0.378 e. The maximum atomic E-state index is 2.43. The molecule has 116 valence electrons. The quantitative estimate of drug-likeness (QED) is 0.645. The van der Waals surface area contributed by atoms with Crippen LogP contribution >= 0.6 is 0 Å². The summed E-state index contributed by atoms with van der Waals surface area (Å²) < 4.78 is 0. The van der Waals surface area contributed by atoms with Crippen LogP contribution in [0.3, 0.4) is 0 Å². The van der Waals surface area contributed by atoms with Gasteiger partial charge in [0.1, 0.15) is 0 Å². The van der Waals surface area contributed by atoms with Gasteiger partial charge in [0.15, 0.2) is 0 Å².